The van der Waals surface area contributed by atoms with Crippen LogP contribution in [0.25, 0.3) is 0 Å². The molecule has 2 aliphatic rings. The molecule has 29 heavy (non-hydrogen) atoms. The van der Waals surface area contributed by atoms with E-state index < -0.39 is 0 Å². The predicted octanol–water partition coefficient (Wildman–Crippen LogP) is 4.12. The molecule has 3 aromatic rings. The van der Waals surface area contributed by atoms with E-state index in [1.54, 1.807) is 28.4 Å². The Kier molecular flexibility index (Phi) is 4.72. The average Bonchev–Trinajstić information content (AvgIpc) is 3.24. The summed E-state index contributed by atoms with van der Waals surface area (Å²) in [5.41, 5.74) is 2.31. The second-order valence-corrected chi connectivity index (χ2v) is 8.59. The third-order valence-electron chi connectivity index (χ3n) is 5.69. The number of nitrogens with zero attached hydrogens (tertiary/aromatic N) is 2. The van der Waals surface area contributed by atoms with Crippen LogP contribution in [0, 0.1) is 0 Å². The Labute approximate surface area is 173 Å². The maximum absolute atomic E-state index is 13.4. The van der Waals surface area contributed by atoms with Gasteiger partial charge in [0, 0.05) is 17.5 Å². The molecule has 5 rings (SSSR count). The first-order chi connectivity index (χ1) is 14.2. The maximum Gasteiger partial charge on any atom is 0.290 e. The molecule has 6 heteroatoms. The van der Waals surface area contributed by atoms with Crippen LogP contribution in [0.15, 0.2) is 64.6 Å². The van der Waals surface area contributed by atoms with Gasteiger partial charge in [0.25, 0.3) is 5.91 Å². The molecule has 5 nitrogen and oxygen atoms in total. The largest absolute Gasteiger partial charge is 0.459 e. The summed E-state index contributed by atoms with van der Waals surface area (Å²) < 4.78 is 5.29. The quantitative estimate of drug-likeness (QED) is 0.640. The van der Waals surface area contributed by atoms with Gasteiger partial charge in [0.1, 0.15) is 6.54 Å². The van der Waals surface area contributed by atoms with Crippen molar-refractivity contribution in [1.82, 2.24) is 9.80 Å². The summed E-state index contributed by atoms with van der Waals surface area (Å²) in [5.74, 6) is 0.0842. The van der Waals surface area contributed by atoms with Crippen LogP contribution >= 0.6 is 11.3 Å². The van der Waals surface area contributed by atoms with Crippen molar-refractivity contribution in [3.05, 3.63) is 81.9 Å². The van der Waals surface area contributed by atoms with E-state index in [1.807, 2.05) is 23.1 Å². The van der Waals surface area contributed by atoms with Crippen molar-refractivity contribution in [2.24, 2.45) is 0 Å². The number of amides is 2. The molecular weight excluding hydrogens is 384 g/mol. The second kappa shape index (κ2) is 7.52. The molecule has 0 spiro atoms. The number of fused-ring (bicyclic) bond motifs is 1. The van der Waals surface area contributed by atoms with Crippen molar-refractivity contribution in [2.75, 3.05) is 13.1 Å². The fourth-order valence-corrected chi connectivity index (χ4v) is 5.01. The minimum absolute atomic E-state index is 0.0116. The van der Waals surface area contributed by atoms with E-state index in [-0.39, 0.29) is 30.4 Å². The molecule has 1 saturated carbocycles. The number of rotatable bonds is 5. The van der Waals surface area contributed by atoms with E-state index >= 15 is 0 Å². The summed E-state index contributed by atoms with van der Waals surface area (Å²) in [5, 5.41) is 2.10. The standard InChI is InChI=1S/C23H22N2O3S/c26-21(15-25(17-8-9-17)23(27)19-7-4-13-28-19)24-12-10-20-18(11-14-29-20)22(24)16-5-2-1-3-6-16/h1-7,11,13-14,17,22H,8-10,12,15H2. The molecule has 1 aromatic carbocycles. The lowest BCUT2D eigenvalue weighted by Crippen LogP contribution is -2.47. The summed E-state index contributed by atoms with van der Waals surface area (Å²) in [7, 11) is 0. The van der Waals surface area contributed by atoms with Crippen LogP contribution < -0.4 is 0 Å². The highest BCUT2D eigenvalue weighted by Crippen LogP contribution is 2.38. The number of furan rings is 1. The van der Waals surface area contributed by atoms with Gasteiger partial charge >= 0.3 is 0 Å². The zero-order valence-corrected chi connectivity index (χ0v) is 16.8. The molecule has 0 saturated heterocycles. The van der Waals surface area contributed by atoms with Gasteiger partial charge in [-0.3, -0.25) is 9.59 Å². The van der Waals surface area contributed by atoms with Gasteiger partial charge in [-0.15, -0.1) is 11.3 Å². The molecule has 2 amide bonds. The molecule has 148 valence electrons. The smallest absolute Gasteiger partial charge is 0.290 e. The van der Waals surface area contributed by atoms with E-state index in [0.717, 1.165) is 24.8 Å². The van der Waals surface area contributed by atoms with Crippen molar-refractivity contribution < 1.29 is 14.0 Å². The zero-order chi connectivity index (χ0) is 19.8. The van der Waals surface area contributed by atoms with Gasteiger partial charge in [0.2, 0.25) is 5.91 Å². The van der Waals surface area contributed by atoms with Crippen molar-refractivity contribution in [2.45, 2.75) is 31.3 Å². The molecule has 0 bridgehead atoms. The number of carbonyl (C=O) groups excluding carboxylic acids is 2. The fourth-order valence-electron chi connectivity index (χ4n) is 4.11. The van der Waals surface area contributed by atoms with Crippen molar-refractivity contribution in [3.8, 4) is 0 Å². The first kappa shape index (κ1) is 18.2. The summed E-state index contributed by atoms with van der Waals surface area (Å²) in [6.07, 6.45) is 4.24. The number of benzene rings is 1. The number of carbonyl (C=O) groups is 2. The van der Waals surface area contributed by atoms with Crippen LogP contribution in [-0.4, -0.2) is 40.7 Å². The number of hydrogen-bond acceptors (Lipinski definition) is 4. The van der Waals surface area contributed by atoms with Gasteiger partial charge in [0.05, 0.1) is 12.3 Å². The summed E-state index contributed by atoms with van der Waals surface area (Å²) in [4.78, 5) is 31.3. The minimum atomic E-state index is -0.199. The minimum Gasteiger partial charge on any atom is -0.459 e. The Bertz CT molecular complexity index is 1010. The molecule has 0 N–H and O–H groups in total. The Morgan fingerprint density at radius 3 is 2.66 bits per heavy atom. The Morgan fingerprint density at radius 2 is 1.93 bits per heavy atom. The fraction of sp³-hybridized carbons (Fsp3) is 0.304. The highest BCUT2D eigenvalue weighted by molar-refractivity contribution is 7.10. The molecule has 1 aliphatic carbocycles. The molecule has 2 aromatic heterocycles. The Balaban J connectivity index is 1.42. The summed E-state index contributed by atoms with van der Waals surface area (Å²) >= 11 is 1.75. The Hall–Kier alpha value is -2.86. The van der Waals surface area contributed by atoms with Crippen molar-refractivity contribution >= 4 is 23.2 Å². The van der Waals surface area contributed by atoms with Gasteiger partial charge in [-0.2, -0.15) is 0 Å². The van der Waals surface area contributed by atoms with E-state index in [9.17, 15) is 9.59 Å². The number of hydrogen-bond donors (Lipinski definition) is 0. The second-order valence-electron chi connectivity index (χ2n) is 7.59. The van der Waals surface area contributed by atoms with Gasteiger partial charge < -0.3 is 14.2 Å². The normalized spacial score (nSPS) is 18.3. The number of thiophene rings is 1. The van der Waals surface area contributed by atoms with Crippen LogP contribution in [0.3, 0.4) is 0 Å². The van der Waals surface area contributed by atoms with Crippen LogP contribution in [0.1, 0.15) is 45.4 Å². The molecule has 3 heterocycles. The molecule has 1 fully saturated rings. The molecule has 1 aliphatic heterocycles. The third kappa shape index (κ3) is 3.49. The van der Waals surface area contributed by atoms with Crippen LogP contribution in [-0.2, 0) is 11.2 Å². The van der Waals surface area contributed by atoms with E-state index in [0.29, 0.717) is 12.3 Å². The third-order valence-corrected chi connectivity index (χ3v) is 6.68. The molecule has 0 radical (unpaired) electrons. The monoisotopic (exact) mass is 406 g/mol. The predicted molar refractivity (Wildman–Crippen MR) is 111 cm³/mol. The first-order valence-corrected chi connectivity index (χ1v) is 10.9. The van der Waals surface area contributed by atoms with Crippen LogP contribution in [0.5, 0.6) is 0 Å². The maximum atomic E-state index is 13.4. The van der Waals surface area contributed by atoms with Gasteiger partial charge in [-0.1, -0.05) is 30.3 Å². The molecular formula is C23H22N2O3S. The van der Waals surface area contributed by atoms with Gasteiger partial charge in [-0.25, -0.2) is 0 Å². The van der Waals surface area contributed by atoms with Crippen LogP contribution in [0.2, 0.25) is 0 Å². The topological polar surface area (TPSA) is 53.8 Å². The molecule has 1 atom stereocenters. The Morgan fingerprint density at radius 1 is 1.10 bits per heavy atom. The summed E-state index contributed by atoms with van der Waals surface area (Å²) in [6.45, 7) is 0.756. The van der Waals surface area contributed by atoms with E-state index in [1.165, 1.54) is 16.7 Å². The van der Waals surface area contributed by atoms with Gasteiger partial charge in [-0.05, 0) is 54.0 Å². The van der Waals surface area contributed by atoms with Crippen molar-refractivity contribution in [3.63, 3.8) is 0 Å². The van der Waals surface area contributed by atoms with E-state index in [2.05, 4.69) is 23.6 Å². The van der Waals surface area contributed by atoms with Crippen molar-refractivity contribution in [1.29, 1.82) is 0 Å². The lowest BCUT2D eigenvalue weighted by molar-refractivity contribution is -0.134. The highest BCUT2D eigenvalue weighted by atomic mass is 32.1. The summed E-state index contributed by atoms with van der Waals surface area (Å²) in [6, 6.07) is 15.7. The average molecular weight is 407 g/mol. The first-order valence-electron chi connectivity index (χ1n) is 9.97. The van der Waals surface area contributed by atoms with E-state index in [4.69, 9.17) is 4.42 Å². The SMILES string of the molecule is O=C(c1ccco1)N(CC(=O)N1CCc2sccc2C1c1ccccc1)C1CC1. The lowest BCUT2D eigenvalue weighted by Gasteiger charge is -2.37. The molecule has 1 unspecified atom stereocenters. The highest BCUT2D eigenvalue weighted by Gasteiger charge is 2.39. The van der Waals surface area contributed by atoms with Gasteiger partial charge in [0.15, 0.2) is 5.76 Å². The van der Waals surface area contributed by atoms with Crippen LogP contribution in [0.4, 0.5) is 0 Å². The lowest BCUT2D eigenvalue weighted by atomic mass is 9.93. The zero-order valence-electron chi connectivity index (χ0n) is 16.0.